The van der Waals surface area contributed by atoms with Crippen LogP contribution in [0.3, 0.4) is 0 Å². The Kier molecular flexibility index (Phi) is 5.20. The molecular formula is C16H22N2O3. The van der Waals surface area contributed by atoms with Crippen molar-refractivity contribution in [2.24, 2.45) is 5.92 Å². The van der Waals surface area contributed by atoms with E-state index >= 15 is 0 Å². The molecule has 114 valence electrons. The van der Waals surface area contributed by atoms with Gasteiger partial charge in [0, 0.05) is 18.8 Å². The van der Waals surface area contributed by atoms with E-state index in [-0.39, 0.29) is 12.5 Å². The zero-order valence-electron chi connectivity index (χ0n) is 12.3. The Bertz CT molecular complexity index is 516. The fourth-order valence-corrected chi connectivity index (χ4v) is 2.80. The number of carbonyl (C=O) groups excluding carboxylic acids is 1. The Morgan fingerprint density at radius 3 is 2.95 bits per heavy atom. The third-order valence-electron chi connectivity index (χ3n) is 3.80. The first-order chi connectivity index (χ1) is 10.1. The Labute approximate surface area is 125 Å². The van der Waals surface area contributed by atoms with Crippen molar-refractivity contribution in [2.75, 3.05) is 18.4 Å². The number of hydrogen-bond donors (Lipinski definition) is 2. The quantitative estimate of drug-likeness (QED) is 0.876. The van der Waals surface area contributed by atoms with E-state index in [1.165, 1.54) is 0 Å². The molecule has 1 aromatic rings. The third-order valence-corrected chi connectivity index (χ3v) is 3.80. The highest BCUT2D eigenvalue weighted by Gasteiger charge is 2.25. The van der Waals surface area contributed by atoms with E-state index in [0.29, 0.717) is 17.2 Å². The van der Waals surface area contributed by atoms with Crippen LogP contribution in [0.4, 0.5) is 10.5 Å². The molecule has 21 heavy (non-hydrogen) atoms. The van der Waals surface area contributed by atoms with Gasteiger partial charge in [-0.05, 0) is 36.5 Å². The fraction of sp³-hybridized carbons (Fsp3) is 0.500. The minimum Gasteiger partial charge on any atom is -0.481 e. The van der Waals surface area contributed by atoms with Crippen LogP contribution in [0.1, 0.15) is 31.7 Å². The highest BCUT2D eigenvalue weighted by atomic mass is 16.4. The SMILES string of the molecule is CCCC1CCN(C(=O)Nc2cccc(CC(=O)O)c2)C1. The van der Waals surface area contributed by atoms with Gasteiger partial charge in [-0.15, -0.1) is 0 Å². The van der Waals surface area contributed by atoms with Crippen molar-refractivity contribution in [1.82, 2.24) is 4.90 Å². The van der Waals surface area contributed by atoms with Gasteiger partial charge in [-0.25, -0.2) is 4.79 Å². The Hall–Kier alpha value is -2.04. The molecule has 0 aromatic heterocycles. The lowest BCUT2D eigenvalue weighted by atomic mass is 10.0. The maximum absolute atomic E-state index is 12.2. The summed E-state index contributed by atoms with van der Waals surface area (Å²) in [6.45, 7) is 3.77. The molecule has 2 amide bonds. The smallest absolute Gasteiger partial charge is 0.321 e. The molecule has 1 heterocycles. The van der Waals surface area contributed by atoms with Crippen LogP contribution in [-0.2, 0) is 11.2 Å². The van der Waals surface area contributed by atoms with Gasteiger partial charge in [-0.1, -0.05) is 25.5 Å². The Balaban J connectivity index is 1.92. The molecule has 1 saturated heterocycles. The van der Waals surface area contributed by atoms with Crippen molar-refractivity contribution < 1.29 is 14.7 Å². The normalized spacial score (nSPS) is 17.8. The van der Waals surface area contributed by atoms with Crippen LogP contribution in [0.15, 0.2) is 24.3 Å². The van der Waals surface area contributed by atoms with Crippen molar-refractivity contribution >= 4 is 17.7 Å². The van der Waals surface area contributed by atoms with E-state index in [2.05, 4.69) is 12.2 Å². The molecule has 1 aromatic carbocycles. The lowest BCUT2D eigenvalue weighted by molar-refractivity contribution is -0.136. The zero-order valence-corrected chi connectivity index (χ0v) is 12.3. The summed E-state index contributed by atoms with van der Waals surface area (Å²) in [5.74, 6) is -0.264. The van der Waals surface area contributed by atoms with E-state index < -0.39 is 5.97 Å². The molecule has 2 rings (SSSR count). The number of anilines is 1. The summed E-state index contributed by atoms with van der Waals surface area (Å²) in [4.78, 5) is 24.7. The molecule has 0 radical (unpaired) electrons. The first kappa shape index (κ1) is 15.4. The predicted octanol–water partition coefficient (Wildman–Crippen LogP) is 2.97. The van der Waals surface area contributed by atoms with Gasteiger partial charge >= 0.3 is 12.0 Å². The number of carboxylic acid groups (broad SMARTS) is 1. The van der Waals surface area contributed by atoms with E-state index in [0.717, 1.165) is 32.4 Å². The van der Waals surface area contributed by atoms with Crippen molar-refractivity contribution in [2.45, 2.75) is 32.6 Å². The van der Waals surface area contributed by atoms with Gasteiger partial charge in [0.15, 0.2) is 0 Å². The minimum absolute atomic E-state index is 0.0357. The van der Waals surface area contributed by atoms with Gasteiger partial charge in [0.2, 0.25) is 0 Å². The molecule has 0 saturated carbocycles. The van der Waals surface area contributed by atoms with Crippen molar-refractivity contribution in [3.8, 4) is 0 Å². The summed E-state index contributed by atoms with van der Waals surface area (Å²) >= 11 is 0. The van der Waals surface area contributed by atoms with E-state index in [1.807, 2.05) is 4.90 Å². The predicted molar refractivity (Wildman–Crippen MR) is 81.4 cm³/mol. The number of nitrogens with one attached hydrogen (secondary N) is 1. The second-order valence-electron chi connectivity index (χ2n) is 5.59. The Morgan fingerprint density at radius 1 is 1.43 bits per heavy atom. The largest absolute Gasteiger partial charge is 0.481 e. The van der Waals surface area contributed by atoms with Gasteiger partial charge in [0.05, 0.1) is 6.42 Å². The maximum Gasteiger partial charge on any atom is 0.321 e. The molecule has 1 atom stereocenters. The number of urea groups is 1. The van der Waals surface area contributed by atoms with Gasteiger partial charge in [0.25, 0.3) is 0 Å². The number of rotatable bonds is 5. The van der Waals surface area contributed by atoms with Crippen molar-refractivity contribution in [3.05, 3.63) is 29.8 Å². The van der Waals surface area contributed by atoms with Crippen LogP contribution < -0.4 is 5.32 Å². The molecule has 0 spiro atoms. The summed E-state index contributed by atoms with van der Waals surface area (Å²) in [5, 5.41) is 11.7. The monoisotopic (exact) mass is 290 g/mol. The van der Waals surface area contributed by atoms with Crippen LogP contribution in [0.5, 0.6) is 0 Å². The summed E-state index contributed by atoms with van der Waals surface area (Å²) in [5.41, 5.74) is 1.34. The van der Waals surface area contributed by atoms with Gasteiger partial charge in [-0.2, -0.15) is 0 Å². The number of carbonyl (C=O) groups is 2. The number of carboxylic acids is 1. The maximum atomic E-state index is 12.2. The second-order valence-corrected chi connectivity index (χ2v) is 5.59. The molecule has 1 fully saturated rings. The summed E-state index contributed by atoms with van der Waals surface area (Å²) in [7, 11) is 0. The first-order valence-electron chi connectivity index (χ1n) is 7.45. The van der Waals surface area contributed by atoms with Crippen molar-refractivity contribution in [1.29, 1.82) is 0 Å². The molecule has 0 aliphatic carbocycles. The van der Waals surface area contributed by atoms with Crippen LogP contribution in [-0.4, -0.2) is 35.1 Å². The van der Waals surface area contributed by atoms with Gasteiger partial charge < -0.3 is 15.3 Å². The molecule has 5 nitrogen and oxygen atoms in total. The molecule has 0 bridgehead atoms. The number of nitrogens with zero attached hydrogens (tertiary/aromatic N) is 1. The fourth-order valence-electron chi connectivity index (χ4n) is 2.80. The number of benzene rings is 1. The van der Waals surface area contributed by atoms with Crippen LogP contribution in [0, 0.1) is 5.92 Å². The number of hydrogen-bond acceptors (Lipinski definition) is 2. The van der Waals surface area contributed by atoms with E-state index in [9.17, 15) is 9.59 Å². The first-order valence-corrected chi connectivity index (χ1v) is 7.45. The van der Waals surface area contributed by atoms with Gasteiger partial charge in [0.1, 0.15) is 0 Å². The molecule has 1 unspecified atom stereocenters. The van der Waals surface area contributed by atoms with Crippen LogP contribution in [0.2, 0.25) is 0 Å². The summed E-state index contributed by atoms with van der Waals surface area (Å²) in [6.07, 6.45) is 3.35. The minimum atomic E-state index is -0.875. The Morgan fingerprint density at radius 2 is 2.24 bits per heavy atom. The average Bonchev–Trinajstić information content (AvgIpc) is 2.87. The highest BCUT2D eigenvalue weighted by Crippen LogP contribution is 2.22. The second kappa shape index (κ2) is 7.11. The molecular weight excluding hydrogens is 268 g/mol. The number of likely N-dealkylation sites (tertiary alicyclic amines) is 1. The van der Waals surface area contributed by atoms with Crippen LogP contribution >= 0.6 is 0 Å². The van der Waals surface area contributed by atoms with E-state index in [1.54, 1.807) is 24.3 Å². The number of aliphatic carboxylic acids is 1. The third kappa shape index (κ3) is 4.48. The molecule has 5 heteroatoms. The van der Waals surface area contributed by atoms with Crippen LogP contribution in [0.25, 0.3) is 0 Å². The summed E-state index contributed by atoms with van der Waals surface area (Å²) < 4.78 is 0. The number of amides is 2. The lowest BCUT2D eigenvalue weighted by Gasteiger charge is -2.17. The summed E-state index contributed by atoms with van der Waals surface area (Å²) in [6, 6.07) is 6.91. The standard InChI is InChI=1S/C16H22N2O3/c1-2-4-12-7-8-18(11-12)16(21)17-14-6-3-5-13(9-14)10-15(19)20/h3,5-6,9,12H,2,4,7-8,10-11H2,1H3,(H,17,21)(H,19,20). The molecule has 1 aliphatic rings. The van der Waals surface area contributed by atoms with Gasteiger partial charge in [-0.3, -0.25) is 4.79 Å². The average molecular weight is 290 g/mol. The molecule has 2 N–H and O–H groups in total. The molecule has 1 aliphatic heterocycles. The van der Waals surface area contributed by atoms with Crippen molar-refractivity contribution in [3.63, 3.8) is 0 Å². The zero-order chi connectivity index (χ0) is 15.2. The topological polar surface area (TPSA) is 69.6 Å². The highest BCUT2D eigenvalue weighted by molar-refractivity contribution is 5.89. The lowest BCUT2D eigenvalue weighted by Crippen LogP contribution is -2.33. The van der Waals surface area contributed by atoms with E-state index in [4.69, 9.17) is 5.11 Å².